The fraction of sp³-hybridized carbons (Fsp3) is 0. The van der Waals surface area contributed by atoms with Gasteiger partial charge in [0.15, 0.2) is 5.57 Å². The highest BCUT2D eigenvalue weighted by Gasteiger charge is 2.17. The van der Waals surface area contributed by atoms with E-state index >= 15 is 0 Å². The van der Waals surface area contributed by atoms with E-state index in [9.17, 15) is 0 Å². The predicted molar refractivity (Wildman–Crippen MR) is 58.2 cm³/mol. The monoisotopic (exact) mass is 228 g/mol. The molecule has 5 nitrogen and oxygen atoms in total. The van der Waals surface area contributed by atoms with E-state index < -0.39 is 0 Å². The topological polar surface area (TPSA) is 77.3 Å². The van der Waals surface area contributed by atoms with Crippen LogP contribution >= 0.6 is 11.5 Å². The summed E-state index contributed by atoms with van der Waals surface area (Å²) in [5.74, 6) is 2.03. The van der Waals surface area contributed by atoms with Crippen LogP contribution in [0.25, 0.3) is 11.3 Å². The third-order valence-electron chi connectivity index (χ3n) is 1.83. The van der Waals surface area contributed by atoms with Gasteiger partial charge in [0, 0.05) is 23.1 Å². The molecule has 0 saturated carbocycles. The molecule has 0 aliphatic heterocycles. The zero-order valence-electron chi connectivity index (χ0n) is 8.08. The summed E-state index contributed by atoms with van der Waals surface area (Å²) in [5.41, 5.74) is 0.902. The molecule has 0 spiro atoms. The lowest BCUT2D eigenvalue weighted by molar-refractivity contribution is -0.710. The Kier molecular flexibility index (Phi) is 2.83. The van der Waals surface area contributed by atoms with Crippen LogP contribution in [0.2, 0.25) is 0 Å². The molecule has 76 valence electrons. The Morgan fingerprint density at radius 2 is 2.12 bits per heavy atom. The van der Waals surface area contributed by atoms with Crippen molar-refractivity contribution in [1.29, 1.82) is 10.7 Å². The van der Waals surface area contributed by atoms with Gasteiger partial charge in [-0.2, -0.15) is 5.26 Å². The number of aromatic nitrogens is 3. The largest absolute Gasteiger partial charge is 0.269 e. The van der Waals surface area contributed by atoms with Crippen LogP contribution in [0, 0.1) is 16.7 Å². The molecule has 0 aliphatic rings. The molecule has 0 unspecified atom stereocenters. The number of rotatable bonds is 2. The highest BCUT2D eigenvalue weighted by Crippen LogP contribution is 2.09. The number of allylic oxidation sites excluding steroid dienone is 1. The fourth-order valence-electron chi connectivity index (χ4n) is 1.09. The first-order chi connectivity index (χ1) is 7.85. The summed E-state index contributed by atoms with van der Waals surface area (Å²) < 4.78 is 4.06. The standard InChI is InChI=1S/C10H6N5S/c11-6-8(7-12)10-13-15(14-16-10)9-4-2-1-3-5-9/h1-5,11H/q+1. The van der Waals surface area contributed by atoms with Gasteiger partial charge in [-0.3, -0.25) is 5.41 Å². The van der Waals surface area contributed by atoms with Crippen LogP contribution in [0.15, 0.2) is 30.3 Å². The zero-order valence-corrected chi connectivity index (χ0v) is 8.90. The van der Waals surface area contributed by atoms with Gasteiger partial charge >= 0.3 is 0 Å². The molecule has 0 amide bonds. The van der Waals surface area contributed by atoms with Crippen molar-refractivity contribution in [2.75, 3.05) is 0 Å². The van der Waals surface area contributed by atoms with E-state index in [0.29, 0.717) is 5.01 Å². The molecule has 0 radical (unpaired) electrons. The van der Waals surface area contributed by atoms with Crippen molar-refractivity contribution in [2.24, 2.45) is 0 Å². The first kappa shape index (κ1) is 10.2. The van der Waals surface area contributed by atoms with Crippen molar-refractivity contribution in [3.05, 3.63) is 35.3 Å². The average molecular weight is 228 g/mol. The van der Waals surface area contributed by atoms with E-state index in [1.165, 1.54) is 4.80 Å². The molecular formula is C10H6N5S+. The number of para-hydroxylation sites is 1. The molecular weight excluding hydrogens is 222 g/mol. The van der Waals surface area contributed by atoms with Gasteiger partial charge in [0.25, 0.3) is 5.69 Å². The van der Waals surface area contributed by atoms with E-state index in [1.54, 1.807) is 0 Å². The smallest absolute Gasteiger partial charge is 0.257 e. The molecule has 6 heteroatoms. The quantitative estimate of drug-likeness (QED) is 0.472. The van der Waals surface area contributed by atoms with E-state index in [0.717, 1.165) is 17.2 Å². The molecule has 1 aromatic heterocycles. The first-order valence-corrected chi connectivity index (χ1v) is 5.14. The van der Waals surface area contributed by atoms with Crippen molar-refractivity contribution >= 4 is 23.0 Å². The Morgan fingerprint density at radius 3 is 2.75 bits per heavy atom. The minimum atomic E-state index is 0.0900. The first-order valence-electron chi connectivity index (χ1n) is 4.37. The van der Waals surface area contributed by atoms with Crippen molar-refractivity contribution in [2.45, 2.75) is 0 Å². The van der Waals surface area contributed by atoms with Crippen molar-refractivity contribution < 1.29 is 4.80 Å². The van der Waals surface area contributed by atoms with Crippen LogP contribution in [-0.4, -0.2) is 15.5 Å². The van der Waals surface area contributed by atoms with Gasteiger partial charge in [0.1, 0.15) is 6.07 Å². The summed E-state index contributed by atoms with van der Waals surface area (Å²) in [6.07, 6.45) is 0. The maximum atomic E-state index is 8.72. The molecule has 1 aromatic carbocycles. The van der Waals surface area contributed by atoms with Gasteiger partial charge in [0.05, 0.1) is 20.8 Å². The Balaban J connectivity index is 2.42. The molecule has 1 N–H and O–H groups in total. The maximum Gasteiger partial charge on any atom is 0.269 e. The third-order valence-corrected chi connectivity index (χ3v) is 2.52. The van der Waals surface area contributed by atoms with Gasteiger partial charge in [-0.25, -0.2) is 0 Å². The molecule has 2 rings (SSSR count). The highest BCUT2D eigenvalue weighted by atomic mass is 32.1. The second kappa shape index (κ2) is 4.45. The van der Waals surface area contributed by atoms with Crippen LogP contribution in [0.3, 0.4) is 0 Å². The summed E-state index contributed by atoms with van der Waals surface area (Å²) in [4.78, 5) is 1.43. The minimum Gasteiger partial charge on any atom is -0.257 e. The highest BCUT2D eigenvalue weighted by molar-refractivity contribution is 7.06. The van der Waals surface area contributed by atoms with E-state index in [1.807, 2.05) is 42.3 Å². The second-order valence-electron chi connectivity index (χ2n) is 2.81. The minimum absolute atomic E-state index is 0.0900. The molecule has 1 heterocycles. The van der Waals surface area contributed by atoms with E-state index in [-0.39, 0.29) is 5.57 Å². The number of nitrogens with zero attached hydrogens (tertiary/aromatic N) is 4. The lowest BCUT2D eigenvalue weighted by atomic mass is 10.3. The fourth-order valence-corrected chi connectivity index (χ4v) is 1.68. The summed E-state index contributed by atoms with van der Waals surface area (Å²) in [6.45, 7) is 0. The zero-order chi connectivity index (χ0) is 11.4. The molecule has 0 aliphatic carbocycles. The van der Waals surface area contributed by atoms with Gasteiger partial charge in [-0.15, -0.1) is 0 Å². The van der Waals surface area contributed by atoms with Gasteiger partial charge < -0.3 is 0 Å². The number of hydrogen-bond acceptors (Lipinski definition) is 5. The van der Waals surface area contributed by atoms with Crippen molar-refractivity contribution in [3.63, 3.8) is 0 Å². The van der Waals surface area contributed by atoms with Crippen molar-refractivity contribution in [1.82, 2.24) is 9.59 Å². The molecule has 2 aromatic rings. The molecule has 0 saturated heterocycles. The van der Waals surface area contributed by atoms with Crippen molar-refractivity contribution in [3.8, 4) is 11.8 Å². The van der Waals surface area contributed by atoms with Crippen LogP contribution in [0.5, 0.6) is 0 Å². The third kappa shape index (κ3) is 1.86. The van der Waals surface area contributed by atoms with Crippen LogP contribution in [0.4, 0.5) is 0 Å². The normalized spacial score (nSPS) is 9.19. The molecule has 16 heavy (non-hydrogen) atoms. The lowest BCUT2D eigenvalue weighted by Gasteiger charge is -1.82. The van der Waals surface area contributed by atoms with Gasteiger partial charge in [0.2, 0.25) is 5.01 Å². The number of nitrogens with one attached hydrogen (secondary N) is 1. The number of nitriles is 1. The molecule has 0 fully saturated rings. The number of benzene rings is 1. The summed E-state index contributed by atoms with van der Waals surface area (Å²) in [7, 11) is 0. The summed E-state index contributed by atoms with van der Waals surface area (Å²) in [5, 5.41) is 20.1. The molecule has 0 bridgehead atoms. The van der Waals surface area contributed by atoms with Crippen LogP contribution in [0.1, 0.15) is 5.01 Å². The SMILES string of the molecule is N#CC(=C=N)c1n[n+](-c2ccccc2)ns1. The predicted octanol–water partition coefficient (Wildman–Crippen LogP) is 0.970. The van der Waals surface area contributed by atoms with E-state index in [2.05, 4.69) is 9.59 Å². The average Bonchev–Trinajstić information content (AvgIpc) is 2.81. The second-order valence-corrected chi connectivity index (χ2v) is 3.55. The Morgan fingerprint density at radius 1 is 1.38 bits per heavy atom. The van der Waals surface area contributed by atoms with Crippen LogP contribution in [-0.2, 0) is 0 Å². The Labute approximate surface area is 95.6 Å². The summed E-state index contributed by atoms with van der Waals surface area (Å²) >= 11 is 1.06. The van der Waals surface area contributed by atoms with Crippen LogP contribution < -0.4 is 4.80 Å². The lowest BCUT2D eigenvalue weighted by Crippen LogP contribution is -2.35. The Hall–Kier alpha value is -2.35. The molecule has 0 atom stereocenters. The Bertz CT molecular complexity index is 589. The number of hydrogen-bond donors (Lipinski definition) is 1. The maximum absolute atomic E-state index is 8.72. The van der Waals surface area contributed by atoms with Gasteiger partial charge in [-0.1, -0.05) is 18.2 Å². The van der Waals surface area contributed by atoms with E-state index in [4.69, 9.17) is 10.7 Å². The van der Waals surface area contributed by atoms with Gasteiger partial charge in [-0.05, 0) is 0 Å². The summed E-state index contributed by atoms with van der Waals surface area (Å²) in [6, 6.07) is 11.2.